The first kappa shape index (κ1) is 11.3. The van der Waals surface area contributed by atoms with Gasteiger partial charge in [0.15, 0.2) is 0 Å². The molecule has 5 nitrogen and oxygen atoms in total. The summed E-state index contributed by atoms with van der Waals surface area (Å²) >= 11 is 0. The lowest BCUT2D eigenvalue weighted by Gasteiger charge is -2.09. The van der Waals surface area contributed by atoms with Crippen molar-refractivity contribution >= 4 is 5.95 Å². The fraction of sp³-hybridized carbons (Fsp3) is 0.0909. The van der Waals surface area contributed by atoms with Crippen LogP contribution >= 0.6 is 0 Å². The molecule has 0 atom stereocenters. The van der Waals surface area contributed by atoms with Crippen LogP contribution in [-0.2, 0) is 6.61 Å². The minimum atomic E-state index is -0.716. The van der Waals surface area contributed by atoms with Gasteiger partial charge in [-0.1, -0.05) is 18.2 Å². The topological polar surface area (TPSA) is 81.3 Å². The van der Waals surface area contributed by atoms with Crippen molar-refractivity contribution in [2.24, 2.45) is 0 Å². The highest BCUT2D eigenvalue weighted by molar-refractivity contribution is 5.36. The molecule has 0 saturated heterocycles. The minimum Gasteiger partial charge on any atom is -0.436 e. The molecule has 88 valence electrons. The molecule has 0 fully saturated rings. The van der Waals surface area contributed by atoms with Gasteiger partial charge in [-0.3, -0.25) is 0 Å². The van der Waals surface area contributed by atoms with Gasteiger partial charge in [0.2, 0.25) is 11.8 Å². The van der Waals surface area contributed by atoms with Gasteiger partial charge < -0.3 is 15.6 Å². The Morgan fingerprint density at radius 2 is 2.12 bits per heavy atom. The summed E-state index contributed by atoms with van der Waals surface area (Å²) in [6, 6.07) is 6.71. The maximum absolute atomic E-state index is 13.3. The quantitative estimate of drug-likeness (QED) is 0.842. The second-order valence-electron chi connectivity index (χ2n) is 3.25. The van der Waals surface area contributed by atoms with Crippen LogP contribution in [0.15, 0.2) is 30.5 Å². The van der Waals surface area contributed by atoms with Crippen molar-refractivity contribution < 1.29 is 14.2 Å². The first-order valence-corrected chi connectivity index (χ1v) is 4.85. The van der Waals surface area contributed by atoms with E-state index in [1.165, 1.54) is 0 Å². The Kier molecular flexibility index (Phi) is 3.15. The van der Waals surface area contributed by atoms with Gasteiger partial charge in [-0.05, 0) is 6.07 Å². The number of aliphatic hydroxyl groups excluding tert-OH is 1. The monoisotopic (exact) mass is 235 g/mol. The Morgan fingerprint density at radius 1 is 1.35 bits per heavy atom. The number of hydrogen-bond acceptors (Lipinski definition) is 5. The lowest BCUT2D eigenvalue weighted by atomic mass is 10.2. The van der Waals surface area contributed by atoms with Gasteiger partial charge in [-0.2, -0.15) is 9.37 Å². The number of rotatable bonds is 3. The Balaban J connectivity index is 2.34. The smallest absolute Gasteiger partial charge is 0.260 e. The fourth-order valence-corrected chi connectivity index (χ4v) is 1.27. The highest BCUT2D eigenvalue weighted by Gasteiger charge is 2.10. The van der Waals surface area contributed by atoms with Crippen molar-refractivity contribution in [3.8, 4) is 11.6 Å². The van der Waals surface area contributed by atoms with Gasteiger partial charge in [0.05, 0.1) is 12.8 Å². The molecule has 0 spiro atoms. The van der Waals surface area contributed by atoms with E-state index in [4.69, 9.17) is 15.6 Å². The van der Waals surface area contributed by atoms with Crippen LogP contribution < -0.4 is 10.5 Å². The predicted octanol–water partition coefficient (Wildman–Crippen LogP) is 1.48. The average molecular weight is 235 g/mol. The molecule has 1 heterocycles. The normalized spacial score (nSPS) is 10.2. The molecular formula is C11H10FN3O2. The summed E-state index contributed by atoms with van der Waals surface area (Å²) in [7, 11) is 0. The molecule has 3 N–H and O–H groups in total. The van der Waals surface area contributed by atoms with Crippen molar-refractivity contribution in [3.63, 3.8) is 0 Å². The molecule has 0 aliphatic carbocycles. The second-order valence-corrected chi connectivity index (χ2v) is 3.25. The van der Waals surface area contributed by atoms with Gasteiger partial charge >= 0.3 is 0 Å². The lowest BCUT2D eigenvalue weighted by Crippen LogP contribution is -2.00. The SMILES string of the molecule is Nc1ncc(F)c(Oc2ccccc2CO)n1. The Morgan fingerprint density at radius 3 is 2.88 bits per heavy atom. The van der Waals surface area contributed by atoms with Gasteiger partial charge in [-0.25, -0.2) is 4.98 Å². The van der Waals surface area contributed by atoms with E-state index >= 15 is 0 Å². The van der Waals surface area contributed by atoms with Crippen molar-refractivity contribution in [3.05, 3.63) is 41.8 Å². The zero-order chi connectivity index (χ0) is 12.3. The molecule has 6 heteroatoms. The summed E-state index contributed by atoms with van der Waals surface area (Å²) in [5, 5.41) is 9.09. The van der Waals surface area contributed by atoms with E-state index in [1.54, 1.807) is 24.3 Å². The van der Waals surface area contributed by atoms with Crippen LogP contribution in [0, 0.1) is 5.82 Å². The first-order valence-electron chi connectivity index (χ1n) is 4.85. The number of aliphatic hydroxyl groups is 1. The van der Waals surface area contributed by atoms with E-state index in [9.17, 15) is 4.39 Å². The van der Waals surface area contributed by atoms with Crippen molar-refractivity contribution in [1.29, 1.82) is 0 Å². The summed E-state index contributed by atoms with van der Waals surface area (Å²) in [4.78, 5) is 7.12. The molecular weight excluding hydrogens is 225 g/mol. The molecule has 2 aromatic rings. The van der Waals surface area contributed by atoms with Gasteiger partial charge in [-0.15, -0.1) is 0 Å². The molecule has 0 aliphatic rings. The van der Waals surface area contributed by atoms with E-state index < -0.39 is 5.82 Å². The fourth-order valence-electron chi connectivity index (χ4n) is 1.27. The van der Waals surface area contributed by atoms with Crippen molar-refractivity contribution in [2.45, 2.75) is 6.61 Å². The lowest BCUT2D eigenvalue weighted by molar-refractivity contribution is 0.275. The number of halogens is 1. The molecule has 2 rings (SSSR count). The standard InChI is InChI=1S/C11H10FN3O2/c12-8-5-14-11(13)15-10(8)17-9-4-2-1-3-7(9)6-16/h1-5,16H,6H2,(H2,13,14,15). The zero-order valence-corrected chi connectivity index (χ0v) is 8.80. The first-order chi connectivity index (χ1) is 8.20. The molecule has 0 amide bonds. The van der Waals surface area contributed by atoms with Gasteiger partial charge in [0, 0.05) is 5.56 Å². The molecule has 17 heavy (non-hydrogen) atoms. The van der Waals surface area contributed by atoms with Crippen LogP contribution in [0.3, 0.4) is 0 Å². The number of nitrogens with zero attached hydrogens (tertiary/aromatic N) is 2. The van der Waals surface area contributed by atoms with Crippen molar-refractivity contribution in [2.75, 3.05) is 5.73 Å². The third-order valence-corrected chi connectivity index (χ3v) is 2.08. The van der Waals surface area contributed by atoms with E-state index in [0.717, 1.165) is 6.20 Å². The third kappa shape index (κ3) is 2.48. The van der Waals surface area contributed by atoms with Crippen LogP contribution in [0.4, 0.5) is 10.3 Å². The summed E-state index contributed by atoms with van der Waals surface area (Å²) in [5.74, 6) is -0.736. The Labute approximate surface area is 96.7 Å². The maximum Gasteiger partial charge on any atom is 0.260 e. The molecule has 0 aliphatic heterocycles. The number of aromatic nitrogens is 2. The highest BCUT2D eigenvalue weighted by Crippen LogP contribution is 2.25. The number of ether oxygens (including phenoxy) is 1. The third-order valence-electron chi connectivity index (χ3n) is 2.08. The number of anilines is 1. The van der Waals surface area contributed by atoms with Crippen LogP contribution in [0.2, 0.25) is 0 Å². The number of nitrogens with two attached hydrogens (primary N) is 1. The maximum atomic E-state index is 13.3. The average Bonchev–Trinajstić information content (AvgIpc) is 2.34. The molecule has 1 aromatic heterocycles. The molecule has 1 aromatic carbocycles. The predicted molar refractivity (Wildman–Crippen MR) is 58.8 cm³/mol. The number of para-hydroxylation sites is 1. The highest BCUT2D eigenvalue weighted by atomic mass is 19.1. The Bertz CT molecular complexity index is 534. The summed E-state index contributed by atoms with van der Waals surface area (Å²) in [5.41, 5.74) is 5.86. The van der Waals surface area contributed by atoms with Crippen LogP contribution in [-0.4, -0.2) is 15.1 Å². The Hall–Kier alpha value is -2.21. The van der Waals surface area contributed by atoms with Crippen molar-refractivity contribution in [1.82, 2.24) is 9.97 Å². The molecule has 0 saturated carbocycles. The van der Waals surface area contributed by atoms with E-state index in [0.29, 0.717) is 11.3 Å². The van der Waals surface area contributed by atoms with E-state index in [-0.39, 0.29) is 18.4 Å². The molecule has 0 bridgehead atoms. The molecule has 0 unspecified atom stereocenters. The van der Waals surface area contributed by atoms with E-state index in [1.807, 2.05) is 0 Å². The largest absolute Gasteiger partial charge is 0.436 e. The zero-order valence-electron chi connectivity index (χ0n) is 8.80. The van der Waals surface area contributed by atoms with Crippen LogP contribution in [0.5, 0.6) is 11.6 Å². The number of nitrogen functional groups attached to an aromatic ring is 1. The number of hydrogen-bond donors (Lipinski definition) is 2. The second kappa shape index (κ2) is 4.75. The summed E-state index contributed by atoms with van der Waals surface area (Å²) in [6.07, 6.45) is 0.930. The summed E-state index contributed by atoms with van der Waals surface area (Å²) < 4.78 is 18.6. The molecule has 0 radical (unpaired) electrons. The minimum absolute atomic E-state index is 0.0807. The van der Waals surface area contributed by atoms with Crippen LogP contribution in [0.25, 0.3) is 0 Å². The van der Waals surface area contributed by atoms with Gasteiger partial charge in [0.25, 0.3) is 5.88 Å². The van der Waals surface area contributed by atoms with Crippen LogP contribution in [0.1, 0.15) is 5.56 Å². The summed E-state index contributed by atoms with van der Waals surface area (Å²) in [6.45, 7) is -0.210. The number of benzene rings is 1. The van der Waals surface area contributed by atoms with E-state index in [2.05, 4.69) is 9.97 Å². The van der Waals surface area contributed by atoms with Gasteiger partial charge in [0.1, 0.15) is 5.75 Å².